The van der Waals surface area contributed by atoms with Crippen molar-refractivity contribution in [3.05, 3.63) is 47.4 Å². The van der Waals surface area contributed by atoms with Crippen molar-refractivity contribution in [1.29, 1.82) is 0 Å². The van der Waals surface area contributed by atoms with Crippen molar-refractivity contribution in [3.63, 3.8) is 0 Å². The molecular weight excluding hydrogens is 220 g/mol. The first-order chi connectivity index (χ1) is 8.24. The van der Waals surface area contributed by atoms with Gasteiger partial charge in [0.05, 0.1) is 0 Å². The highest BCUT2D eigenvalue weighted by Gasteiger charge is 2.19. The lowest BCUT2D eigenvalue weighted by molar-refractivity contribution is 0.173. The van der Waals surface area contributed by atoms with Crippen LogP contribution in [0.2, 0.25) is 0 Å². The molecule has 1 N–H and O–H groups in total. The number of hydrogen-bond donors (Lipinski definition) is 1. The molecule has 88 valence electrons. The van der Waals surface area contributed by atoms with Gasteiger partial charge in [-0.05, 0) is 36.8 Å². The molecule has 1 aromatic heterocycles. The molecule has 0 saturated heterocycles. The molecule has 1 aliphatic rings. The van der Waals surface area contributed by atoms with Crippen molar-refractivity contribution in [2.75, 3.05) is 6.79 Å². The Labute approximate surface area is 98.4 Å². The van der Waals surface area contributed by atoms with Gasteiger partial charge in [0.25, 0.3) is 0 Å². The number of aliphatic hydroxyl groups excluding tert-OH is 1. The number of aryl methyl sites for hydroxylation is 1. The van der Waals surface area contributed by atoms with Gasteiger partial charge in [-0.25, -0.2) is 0 Å². The lowest BCUT2D eigenvalue weighted by Crippen LogP contribution is -1.97. The Balaban J connectivity index is 1.94. The molecule has 17 heavy (non-hydrogen) atoms. The summed E-state index contributed by atoms with van der Waals surface area (Å²) in [4.78, 5) is 0. The SMILES string of the molecule is Cc1ccc(C(O)c2ccc3c(c2)OCO3)o1. The van der Waals surface area contributed by atoms with Crippen molar-refractivity contribution in [3.8, 4) is 11.5 Å². The van der Waals surface area contributed by atoms with Gasteiger partial charge in [0.1, 0.15) is 17.6 Å². The van der Waals surface area contributed by atoms with Gasteiger partial charge in [-0.1, -0.05) is 6.07 Å². The van der Waals surface area contributed by atoms with Gasteiger partial charge in [-0.3, -0.25) is 0 Å². The average Bonchev–Trinajstić information content (AvgIpc) is 2.95. The van der Waals surface area contributed by atoms with E-state index >= 15 is 0 Å². The molecule has 3 rings (SSSR count). The molecule has 2 heterocycles. The number of aliphatic hydroxyl groups is 1. The van der Waals surface area contributed by atoms with Gasteiger partial charge in [0.15, 0.2) is 11.5 Å². The lowest BCUT2D eigenvalue weighted by Gasteiger charge is -2.08. The van der Waals surface area contributed by atoms with Gasteiger partial charge in [0.2, 0.25) is 6.79 Å². The first-order valence-corrected chi connectivity index (χ1v) is 5.38. The number of fused-ring (bicyclic) bond motifs is 1. The number of benzene rings is 1. The minimum Gasteiger partial charge on any atom is -0.463 e. The Kier molecular flexibility index (Phi) is 2.30. The maximum absolute atomic E-state index is 10.1. The summed E-state index contributed by atoms with van der Waals surface area (Å²) in [6.45, 7) is 2.07. The maximum atomic E-state index is 10.1. The Morgan fingerprint density at radius 1 is 1.12 bits per heavy atom. The van der Waals surface area contributed by atoms with Crippen LogP contribution < -0.4 is 9.47 Å². The number of ether oxygens (including phenoxy) is 2. The molecule has 0 radical (unpaired) electrons. The summed E-state index contributed by atoms with van der Waals surface area (Å²) in [5.41, 5.74) is 0.726. The van der Waals surface area contributed by atoms with E-state index in [9.17, 15) is 5.11 Å². The van der Waals surface area contributed by atoms with Crippen molar-refractivity contribution < 1.29 is 19.0 Å². The van der Waals surface area contributed by atoms with Crippen molar-refractivity contribution in [2.45, 2.75) is 13.0 Å². The van der Waals surface area contributed by atoms with Crippen LogP contribution in [0.25, 0.3) is 0 Å². The smallest absolute Gasteiger partial charge is 0.231 e. The topological polar surface area (TPSA) is 51.8 Å². The number of rotatable bonds is 2. The Bertz CT molecular complexity index is 544. The van der Waals surface area contributed by atoms with E-state index < -0.39 is 6.10 Å². The molecule has 1 unspecified atom stereocenters. The quantitative estimate of drug-likeness (QED) is 0.863. The van der Waals surface area contributed by atoms with E-state index in [0.717, 1.165) is 11.3 Å². The first-order valence-electron chi connectivity index (χ1n) is 5.38. The molecule has 0 bridgehead atoms. The van der Waals surface area contributed by atoms with Crippen molar-refractivity contribution in [2.24, 2.45) is 0 Å². The van der Waals surface area contributed by atoms with Crippen molar-refractivity contribution in [1.82, 2.24) is 0 Å². The fourth-order valence-electron chi connectivity index (χ4n) is 1.85. The predicted octanol–water partition coefficient (Wildman–Crippen LogP) is 2.40. The Morgan fingerprint density at radius 3 is 2.71 bits per heavy atom. The predicted molar refractivity (Wildman–Crippen MR) is 60.1 cm³/mol. The molecule has 0 aliphatic carbocycles. The van der Waals surface area contributed by atoms with Gasteiger partial charge in [-0.2, -0.15) is 0 Å². The average molecular weight is 232 g/mol. The minimum absolute atomic E-state index is 0.231. The monoisotopic (exact) mass is 232 g/mol. The zero-order valence-electron chi connectivity index (χ0n) is 9.34. The molecule has 2 aromatic rings. The fraction of sp³-hybridized carbons (Fsp3) is 0.231. The molecule has 4 heteroatoms. The number of furan rings is 1. The van der Waals surface area contributed by atoms with E-state index in [0.29, 0.717) is 17.3 Å². The van der Waals surface area contributed by atoms with E-state index in [1.807, 2.05) is 13.0 Å². The molecule has 0 saturated carbocycles. The van der Waals surface area contributed by atoms with Crippen LogP contribution in [-0.4, -0.2) is 11.9 Å². The van der Waals surface area contributed by atoms with Crippen LogP contribution in [-0.2, 0) is 0 Å². The van der Waals surface area contributed by atoms with Crippen LogP contribution in [0.5, 0.6) is 11.5 Å². The summed E-state index contributed by atoms with van der Waals surface area (Å²) in [5, 5.41) is 10.1. The van der Waals surface area contributed by atoms with Crippen LogP contribution in [0.4, 0.5) is 0 Å². The molecule has 4 nitrogen and oxygen atoms in total. The second-order valence-electron chi connectivity index (χ2n) is 3.96. The summed E-state index contributed by atoms with van der Waals surface area (Å²) in [6, 6.07) is 8.95. The third kappa shape index (κ3) is 1.76. The molecule has 1 aromatic carbocycles. The lowest BCUT2D eigenvalue weighted by atomic mass is 10.1. The van der Waals surface area contributed by atoms with Crippen LogP contribution >= 0.6 is 0 Å². The van der Waals surface area contributed by atoms with Gasteiger partial charge >= 0.3 is 0 Å². The summed E-state index contributed by atoms with van der Waals surface area (Å²) in [5.74, 6) is 2.67. The minimum atomic E-state index is -0.779. The standard InChI is InChI=1S/C13H12O4/c1-8-2-4-11(17-8)13(14)9-3-5-10-12(6-9)16-7-15-10/h2-6,13-14H,7H2,1H3. The van der Waals surface area contributed by atoms with Crippen molar-refractivity contribution >= 4 is 0 Å². The molecular formula is C13H12O4. The maximum Gasteiger partial charge on any atom is 0.231 e. The summed E-state index contributed by atoms with van der Waals surface area (Å²) < 4.78 is 15.9. The van der Waals surface area contributed by atoms with Crippen LogP contribution in [0.3, 0.4) is 0 Å². The van der Waals surface area contributed by atoms with Crippen LogP contribution in [0.1, 0.15) is 23.2 Å². The van der Waals surface area contributed by atoms with Crippen LogP contribution in [0, 0.1) is 6.92 Å². The first kappa shape index (κ1) is 10.2. The van der Waals surface area contributed by atoms with Gasteiger partial charge in [0, 0.05) is 0 Å². The molecule has 0 spiro atoms. The zero-order valence-corrected chi connectivity index (χ0v) is 9.34. The number of hydrogen-bond acceptors (Lipinski definition) is 4. The van der Waals surface area contributed by atoms with E-state index in [2.05, 4.69) is 0 Å². The summed E-state index contributed by atoms with van der Waals surface area (Å²) >= 11 is 0. The Hall–Kier alpha value is -1.94. The van der Waals surface area contributed by atoms with E-state index in [1.165, 1.54) is 0 Å². The second kappa shape index (κ2) is 3.82. The third-order valence-electron chi connectivity index (χ3n) is 2.74. The van der Waals surface area contributed by atoms with E-state index in [4.69, 9.17) is 13.9 Å². The summed E-state index contributed by atoms with van der Waals surface area (Å²) in [6.07, 6.45) is -0.779. The van der Waals surface area contributed by atoms with E-state index in [1.54, 1.807) is 24.3 Å². The molecule has 0 amide bonds. The summed E-state index contributed by atoms with van der Waals surface area (Å²) in [7, 11) is 0. The second-order valence-corrected chi connectivity index (χ2v) is 3.96. The zero-order chi connectivity index (χ0) is 11.8. The van der Waals surface area contributed by atoms with Gasteiger partial charge < -0.3 is 19.0 Å². The largest absolute Gasteiger partial charge is 0.463 e. The van der Waals surface area contributed by atoms with Gasteiger partial charge in [-0.15, -0.1) is 0 Å². The fourth-order valence-corrected chi connectivity index (χ4v) is 1.85. The Morgan fingerprint density at radius 2 is 1.94 bits per heavy atom. The third-order valence-corrected chi connectivity index (χ3v) is 2.74. The van der Waals surface area contributed by atoms with Crippen LogP contribution in [0.15, 0.2) is 34.7 Å². The highest BCUT2D eigenvalue weighted by atomic mass is 16.7. The molecule has 1 aliphatic heterocycles. The molecule has 0 fully saturated rings. The molecule has 1 atom stereocenters. The highest BCUT2D eigenvalue weighted by molar-refractivity contribution is 5.46. The normalized spacial score (nSPS) is 14.9. The van der Waals surface area contributed by atoms with E-state index in [-0.39, 0.29) is 6.79 Å². The highest BCUT2D eigenvalue weighted by Crippen LogP contribution is 2.35.